The molecule has 2 aromatic rings. The first-order valence-electron chi connectivity index (χ1n) is 8.60. The molecule has 2 heterocycles. The van der Waals surface area contributed by atoms with Crippen molar-refractivity contribution in [1.82, 2.24) is 9.88 Å². The fourth-order valence-corrected chi connectivity index (χ4v) is 3.36. The van der Waals surface area contributed by atoms with Gasteiger partial charge in [-0.1, -0.05) is 19.4 Å². The van der Waals surface area contributed by atoms with Crippen molar-refractivity contribution in [2.75, 3.05) is 19.6 Å². The Kier molecular flexibility index (Phi) is 4.91. The van der Waals surface area contributed by atoms with E-state index in [1.54, 1.807) is 6.07 Å². The van der Waals surface area contributed by atoms with Crippen LogP contribution in [0.25, 0.3) is 10.9 Å². The van der Waals surface area contributed by atoms with Gasteiger partial charge < -0.3 is 10.6 Å². The fourth-order valence-electron chi connectivity index (χ4n) is 3.36. The maximum Gasteiger partial charge on any atom is 0.248 e. The summed E-state index contributed by atoms with van der Waals surface area (Å²) in [6.45, 7) is 5.82. The van der Waals surface area contributed by atoms with Gasteiger partial charge in [0.15, 0.2) is 0 Å². The van der Waals surface area contributed by atoms with Crippen molar-refractivity contribution in [3.8, 4) is 0 Å². The fraction of sp³-hybridized carbons (Fsp3) is 0.474. The Labute approximate surface area is 137 Å². The highest BCUT2D eigenvalue weighted by atomic mass is 16.1. The lowest BCUT2D eigenvalue weighted by molar-refractivity contribution is 0.100. The molecular formula is C19H25N3O. The molecule has 0 bridgehead atoms. The molecule has 4 heteroatoms. The van der Waals surface area contributed by atoms with Crippen molar-refractivity contribution in [2.24, 2.45) is 5.73 Å². The second-order valence-corrected chi connectivity index (χ2v) is 6.48. The van der Waals surface area contributed by atoms with Gasteiger partial charge in [0.25, 0.3) is 0 Å². The zero-order chi connectivity index (χ0) is 16.2. The van der Waals surface area contributed by atoms with E-state index < -0.39 is 5.91 Å². The van der Waals surface area contributed by atoms with Crippen LogP contribution >= 0.6 is 0 Å². The quantitative estimate of drug-likeness (QED) is 0.921. The van der Waals surface area contributed by atoms with Crippen molar-refractivity contribution in [3.05, 3.63) is 41.6 Å². The molecule has 0 spiro atoms. The van der Waals surface area contributed by atoms with E-state index in [0.29, 0.717) is 11.5 Å². The van der Waals surface area contributed by atoms with Crippen LogP contribution in [0.3, 0.4) is 0 Å². The lowest BCUT2D eigenvalue weighted by atomic mass is 9.92. The van der Waals surface area contributed by atoms with Crippen molar-refractivity contribution in [1.29, 1.82) is 0 Å². The predicted octanol–water partition coefficient (Wildman–Crippen LogP) is 3.31. The van der Waals surface area contributed by atoms with Gasteiger partial charge in [-0.05, 0) is 63.2 Å². The number of fused-ring (bicyclic) bond motifs is 1. The molecule has 0 aliphatic carbocycles. The standard InChI is InChI=1S/C19H25N3O/c1-2-3-10-22-11-8-14(9-12-22)17-6-4-15-13-16(19(20)23)5-7-18(15)21-17/h4-7,13-14H,2-3,8-12H2,1H3,(H2,20,23). The highest BCUT2D eigenvalue weighted by Gasteiger charge is 2.21. The molecule has 23 heavy (non-hydrogen) atoms. The number of piperidine rings is 1. The molecule has 1 saturated heterocycles. The van der Waals surface area contributed by atoms with Gasteiger partial charge in [-0.3, -0.25) is 9.78 Å². The normalized spacial score (nSPS) is 16.7. The molecule has 0 atom stereocenters. The number of hydrogen-bond donors (Lipinski definition) is 1. The highest BCUT2D eigenvalue weighted by Crippen LogP contribution is 2.28. The van der Waals surface area contributed by atoms with E-state index in [4.69, 9.17) is 10.7 Å². The summed E-state index contributed by atoms with van der Waals surface area (Å²) in [6, 6.07) is 9.65. The number of nitrogens with zero attached hydrogens (tertiary/aromatic N) is 2. The van der Waals surface area contributed by atoms with Gasteiger partial charge in [-0.2, -0.15) is 0 Å². The summed E-state index contributed by atoms with van der Waals surface area (Å²) >= 11 is 0. The minimum Gasteiger partial charge on any atom is -0.366 e. The zero-order valence-electron chi connectivity index (χ0n) is 13.8. The maximum atomic E-state index is 11.3. The van der Waals surface area contributed by atoms with Crippen LogP contribution in [0.5, 0.6) is 0 Å². The molecule has 1 fully saturated rings. The molecule has 1 amide bonds. The van der Waals surface area contributed by atoms with Gasteiger partial charge in [-0.15, -0.1) is 0 Å². The number of nitrogens with two attached hydrogens (primary N) is 1. The Morgan fingerprint density at radius 3 is 2.74 bits per heavy atom. The second kappa shape index (κ2) is 7.09. The number of pyridine rings is 1. The summed E-state index contributed by atoms with van der Waals surface area (Å²) in [6.07, 6.45) is 4.92. The second-order valence-electron chi connectivity index (χ2n) is 6.48. The topological polar surface area (TPSA) is 59.2 Å². The Bertz CT molecular complexity index is 690. The molecule has 0 radical (unpaired) electrons. The van der Waals surface area contributed by atoms with Gasteiger partial charge in [0.1, 0.15) is 0 Å². The number of primary amides is 1. The van der Waals surface area contributed by atoms with Crippen molar-refractivity contribution < 1.29 is 4.79 Å². The van der Waals surface area contributed by atoms with E-state index in [2.05, 4.69) is 24.0 Å². The van der Waals surface area contributed by atoms with Crippen LogP contribution in [0.4, 0.5) is 0 Å². The number of rotatable bonds is 5. The average molecular weight is 311 g/mol. The molecule has 4 nitrogen and oxygen atoms in total. The number of benzene rings is 1. The Morgan fingerprint density at radius 2 is 2.04 bits per heavy atom. The molecule has 0 unspecified atom stereocenters. The lowest BCUT2D eigenvalue weighted by Crippen LogP contribution is -2.33. The van der Waals surface area contributed by atoms with Crippen molar-refractivity contribution in [2.45, 2.75) is 38.5 Å². The lowest BCUT2D eigenvalue weighted by Gasteiger charge is -2.31. The van der Waals surface area contributed by atoms with Crippen LogP contribution in [0, 0.1) is 0 Å². The van der Waals surface area contributed by atoms with Gasteiger partial charge >= 0.3 is 0 Å². The summed E-state index contributed by atoms with van der Waals surface area (Å²) in [4.78, 5) is 18.6. The number of carbonyl (C=O) groups excluding carboxylic acids is 1. The Balaban J connectivity index is 1.71. The van der Waals surface area contributed by atoms with Gasteiger partial charge in [0, 0.05) is 22.6 Å². The first-order valence-corrected chi connectivity index (χ1v) is 8.60. The molecule has 2 N–H and O–H groups in total. The minimum atomic E-state index is -0.393. The largest absolute Gasteiger partial charge is 0.366 e. The molecule has 0 saturated carbocycles. The first kappa shape index (κ1) is 15.9. The van der Waals surface area contributed by atoms with E-state index >= 15 is 0 Å². The van der Waals surface area contributed by atoms with Crippen molar-refractivity contribution >= 4 is 16.8 Å². The third kappa shape index (κ3) is 3.70. The maximum absolute atomic E-state index is 11.3. The summed E-state index contributed by atoms with van der Waals surface area (Å²) in [7, 11) is 0. The van der Waals surface area contributed by atoms with E-state index in [0.717, 1.165) is 10.9 Å². The highest BCUT2D eigenvalue weighted by molar-refractivity contribution is 5.96. The van der Waals surface area contributed by atoms with Crippen LogP contribution in [0.2, 0.25) is 0 Å². The number of amides is 1. The van der Waals surface area contributed by atoms with Crippen LogP contribution < -0.4 is 5.73 Å². The monoisotopic (exact) mass is 311 g/mol. The summed E-state index contributed by atoms with van der Waals surface area (Å²) in [5, 5.41) is 0.977. The molecule has 1 aliphatic rings. The molecular weight excluding hydrogens is 286 g/mol. The van der Waals surface area contributed by atoms with Gasteiger partial charge in [0.05, 0.1) is 5.52 Å². The smallest absolute Gasteiger partial charge is 0.248 e. The molecule has 122 valence electrons. The van der Waals surface area contributed by atoms with Crippen LogP contribution in [0.1, 0.15) is 54.6 Å². The van der Waals surface area contributed by atoms with E-state index in [9.17, 15) is 4.79 Å². The summed E-state index contributed by atoms with van der Waals surface area (Å²) in [5.41, 5.74) is 8.00. The van der Waals surface area contributed by atoms with Crippen LogP contribution in [-0.4, -0.2) is 35.4 Å². The third-order valence-corrected chi connectivity index (χ3v) is 4.83. The minimum absolute atomic E-state index is 0.393. The number of aromatic nitrogens is 1. The van der Waals surface area contributed by atoms with Gasteiger partial charge in [-0.25, -0.2) is 0 Å². The molecule has 3 rings (SSSR count). The van der Waals surface area contributed by atoms with Crippen LogP contribution in [-0.2, 0) is 0 Å². The zero-order valence-corrected chi connectivity index (χ0v) is 13.8. The number of hydrogen-bond acceptors (Lipinski definition) is 3. The Morgan fingerprint density at radius 1 is 1.26 bits per heavy atom. The van der Waals surface area contributed by atoms with Gasteiger partial charge in [0.2, 0.25) is 5.91 Å². The van der Waals surface area contributed by atoms with E-state index in [1.165, 1.54) is 51.0 Å². The molecule has 1 aliphatic heterocycles. The summed E-state index contributed by atoms with van der Waals surface area (Å²) in [5.74, 6) is 0.156. The SMILES string of the molecule is CCCCN1CCC(c2ccc3cc(C(N)=O)ccc3n2)CC1. The number of unbranched alkanes of at least 4 members (excludes halogenated alkanes) is 1. The number of carbonyl (C=O) groups is 1. The predicted molar refractivity (Wildman–Crippen MR) is 93.6 cm³/mol. The van der Waals surface area contributed by atoms with E-state index in [-0.39, 0.29) is 0 Å². The number of likely N-dealkylation sites (tertiary alicyclic amines) is 1. The molecule has 1 aromatic carbocycles. The van der Waals surface area contributed by atoms with Crippen LogP contribution in [0.15, 0.2) is 30.3 Å². The first-order chi connectivity index (χ1) is 11.2. The average Bonchev–Trinajstić information content (AvgIpc) is 2.59. The van der Waals surface area contributed by atoms with Crippen molar-refractivity contribution in [3.63, 3.8) is 0 Å². The third-order valence-electron chi connectivity index (χ3n) is 4.83. The summed E-state index contributed by atoms with van der Waals surface area (Å²) < 4.78 is 0. The Hall–Kier alpha value is -1.94. The molecule has 1 aromatic heterocycles. The van der Waals surface area contributed by atoms with E-state index in [1.807, 2.05) is 12.1 Å².